The molecular weight excluding hydrogens is 274 g/mol. The molecule has 2 aromatic carbocycles. The van der Waals surface area contributed by atoms with Crippen molar-refractivity contribution in [3.63, 3.8) is 0 Å². The number of nitrogens with one attached hydrogen (secondary N) is 1. The zero-order chi connectivity index (χ0) is 15.5. The molecule has 116 valence electrons. The summed E-state index contributed by atoms with van der Waals surface area (Å²) < 4.78 is 10.7. The molecule has 0 aromatic heterocycles. The molecule has 0 aliphatic heterocycles. The molecule has 1 saturated carbocycles. The van der Waals surface area contributed by atoms with Crippen molar-refractivity contribution in [1.29, 1.82) is 0 Å². The van der Waals surface area contributed by atoms with E-state index in [1.54, 1.807) is 14.2 Å². The first-order chi connectivity index (χ1) is 10.7. The van der Waals surface area contributed by atoms with E-state index >= 15 is 0 Å². The summed E-state index contributed by atoms with van der Waals surface area (Å²) in [5, 5.41) is 3.71. The van der Waals surface area contributed by atoms with Gasteiger partial charge in [0, 0.05) is 18.0 Å². The second kappa shape index (κ2) is 6.41. The van der Waals surface area contributed by atoms with E-state index in [9.17, 15) is 0 Å². The van der Waals surface area contributed by atoms with Crippen molar-refractivity contribution in [2.24, 2.45) is 0 Å². The minimum atomic E-state index is 0.290. The van der Waals surface area contributed by atoms with Gasteiger partial charge in [-0.25, -0.2) is 0 Å². The quantitative estimate of drug-likeness (QED) is 0.877. The Balaban J connectivity index is 1.65. The molecular formula is C19H23NO2. The standard InChI is InChI=1S/C19H23NO2/c1-13(15-9-10-18(21-2)19(11-15)22-3)20-17-12-16(17)14-7-5-4-6-8-14/h4-11,13,16-17,20H,12H2,1-3H3/t13?,16?,17-/m0/s1. The molecule has 22 heavy (non-hydrogen) atoms. The molecule has 2 unspecified atom stereocenters. The van der Waals surface area contributed by atoms with Gasteiger partial charge in [0.15, 0.2) is 11.5 Å². The Hall–Kier alpha value is -2.00. The van der Waals surface area contributed by atoms with Crippen molar-refractivity contribution in [2.45, 2.75) is 31.3 Å². The molecule has 2 aromatic rings. The summed E-state index contributed by atoms with van der Waals surface area (Å²) in [4.78, 5) is 0. The van der Waals surface area contributed by atoms with E-state index in [1.807, 2.05) is 6.07 Å². The SMILES string of the molecule is COc1ccc(C(C)N[C@H]2CC2c2ccccc2)cc1OC. The van der Waals surface area contributed by atoms with Crippen molar-refractivity contribution in [3.05, 3.63) is 59.7 Å². The molecule has 3 heteroatoms. The Kier molecular flexibility index (Phi) is 4.34. The molecule has 0 spiro atoms. The molecule has 1 N–H and O–H groups in total. The Bertz CT molecular complexity index is 627. The largest absolute Gasteiger partial charge is 0.493 e. The topological polar surface area (TPSA) is 30.5 Å². The van der Waals surface area contributed by atoms with Crippen LogP contribution in [0.4, 0.5) is 0 Å². The van der Waals surface area contributed by atoms with Gasteiger partial charge in [-0.05, 0) is 36.6 Å². The fourth-order valence-electron chi connectivity index (χ4n) is 2.99. The molecule has 1 aliphatic carbocycles. The number of ether oxygens (including phenoxy) is 2. The first-order valence-electron chi connectivity index (χ1n) is 7.76. The number of hydrogen-bond acceptors (Lipinski definition) is 3. The summed E-state index contributed by atoms with van der Waals surface area (Å²) >= 11 is 0. The fourth-order valence-corrected chi connectivity index (χ4v) is 2.99. The van der Waals surface area contributed by atoms with Crippen molar-refractivity contribution in [2.75, 3.05) is 14.2 Å². The molecule has 1 aliphatic rings. The molecule has 0 radical (unpaired) electrons. The first kappa shape index (κ1) is 14.9. The van der Waals surface area contributed by atoms with Crippen molar-refractivity contribution in [1.82, 2.24) is 5.32 Å². The van der Waals surface area contributed by atoms with Crippen molar-refractivity contribution >= 4 is 0 Å². The summed E-state index contributed by atoms with van der Waals surface area (Å²) in [7, 11) is 3.33. The molecule has 3 nitrogen and oxygen atoms in total. The first-order valence-corrected chi connectivity index (χ1v) is 7.76. The van der Waals surface area contributed by atoms with Crippen molar-refractivity contribution < 1.29 is 9.47 Å². The molecule has 0 bridgehead atoms. The van der Waals surface area contributed by atoms with Gasteiger partial charge in [0.1, 0.15) is 0 Å². The van der Waals surface area contributed by atoms with Gasteiger partial charge in [0.05, 0.1) is 14.2 Å². The maximum Gasteiger partial charge on any atom is 0.161 e. The highest BCUT2D eigenvalue weighted by Gasteiger charge is 2.38. The second-order valence-corrected chi connectivity index (χ2v) is 5.86. The van der Waals surface area contributed by atoms with E-state index in [2.05, 4.69) is 54.7 Å². The van der Waals surface area contributed by atoms with Crippen LogP contribution < -0.4 is 14.8 Å². The summed E-state index contributed by atoms with van der Waals surface area (Å²) in [5.41, 5.74) is 2.65. The molecule has 0 saturated heterocycles. The van der Waals surface area contributed by atoms with Crippen LogP contribution in [0.25, 0.3) is 0 Å². The van der Waals surface area contributed by atoms with Gasteiger partial charge in [-0.2, -0.15) is 0 Å². The lowest BCUT2D eigenvalue weighted by atomic mass is 10.1. The number of rotatable bonds is 6. The maximum absolute atomic E-state index is 5.39. The van der Waals surface area contributed by atoms with Crippen LogP contribution in [0.5, 0.6) is 11.5 Å². The number of hydrogen-bond donors (Lipinski definition) is 1. The van der Waals surface area contributed by atoms with E-state index in [-0.39, 0.29) is 0 Å². The summed E-state index contributed by atoms with van der Waals surface area (Å²) in [5.74, 6) is 2.19. The van der Waals surface area contributed by atoms with Gasteiger partial charge in [-0.3, -0.25) is 0 Å². The summed E-state index contributed by atoms with van der Waals surface area (Å²) in [6.07, 6.45) is 1.21. The van der Waals surface area contributed by atoms with Gasteiger partial charge >= 0.3 is 0 Å². The third-order valence-corrected chi connectivity index (χ3v) is 4.39. The van der Waals surface area contributed by atoms with Crippen LogP contribution in [-0.4, -0.2) is 20.3 Å². The zero-order valence-corrected chi connectivity index (χ0v) is 13.4. The minimum absolute atomic E-state index is 0.290. The highest BCUT2D eigenvalue weighted by molar-refractivity contribution is 5.43. The maximum atomic E-state index is 5.39. The lowest BCUT2D eigenvalue weighted by molar-refractivity contribution is 0.354. The van der Waals surface area contributed by atoms with Gasteiger partial charge in [-0.15, -0.1) is 0 Å². The Morgan fingerprint density at radius 3 is 2.41 bits per heavy atom. The highest BCUT2D eigenvalue weighted by atomic mass is 16.5. The predicted octanol–water partition coefficient (Wildman–Crippen LogP) is 3.91. The minimum Gasteiger partial charge on any atom is -0.493 e. The molecule has 1 fully saturated rings. The van der Waals surface area contributed by atoms with Gasteiger partial charge < -0.3 is 14.8 Å². The van der Waals surface area contributed by atoms with Crippen LogP contribution in [0.2, 0.25) is 0 Å². The highest BCUT2D eigenvalue weighted by Crippen LogP contribution is 2.42. The van der Waals surface area contributed by atoms with Gasteiger partial charge in [-0.1, -0.05) is 36.4 Å². The third kappa shape index (κ3) is 3.09. The number of benzene rings is 2. The lowest BCUT2D eigenvalue weighted by Gasteiger charge is -2.16. The van der Waals surface area contributed by atoms with Crippen LogP contribution in [0.15, 0.2) is 48.5 Å². The van der Waals surface area contributed by atoms with Gasteiger partial charge in [0.2, 0.25) is 0 Å². The Morgan fingerprint density at radius 2 is 1.73 bits per heavy atom. The molecule has 0 heterocycles. The van der Waals surface area contributed by atoms with Gasteiger partial charge in [0.25, 0.3) is 0 Å². The van der Waals surface area contributed by atoms with Crippen molar-refractivity contribution in [3.8, 4) is 11.5 Å². The molecule has 3 rings (SSSR count). The zero-order valence-electron chi connectivity index (χ0n) is 13.4. The smallest absolute Gasteiger partial charge is 0.161 e. The Labute approximate surface area is 132 Å². The van der Waals surface area contributed by atoms with E-state index < -0.39 is 0 Å². The summed E-state index contributed by atoms with van der Waals surface area (Å²) in [6.45, 7) is 2.20. The van der Waals surface area contributed by atoms with E-state index in [1.165, 1.54) is 17.5 Å². The van der Waals surface area contributed by atoms with Crippen LogP contribution >= 0.6 is 0 Å². The average Bonchev–Trinajstić information content (AvgIpc) is 3.34. The summed E-state index contributed by atoms with van der Waals surface area (Å²) in [6, 6.07) is 17.7. The van der Waals surface area contributed by atoms with Crippen LogP contribution in [0, 0.1) is 0 Å². The van der Waals surface area contributed by atoms with Crippen LogP contribution in [0.1, 0.15) is 36.4 Å². The van der Waals surface area contributed by atoms with E-state index in [0.717, 1.165) is 11.5 Å². The van der Waals surface area contributed by atoms with E-state index in [0.29, 0.717) is 18.0 Å². The predicted molar refractivity (Wildman–Crippen MR) is 88.7 cm³/mol. The number of methoxy groups -OCH3 is 2. The normalized spacial score (nSPS) is 21.2. The third-order valence-electron chi connectivity index (χ3n) is 4.39. The average molecular weight is 297 g/mol. The van der Waals surface area contributed by atoms with Crippen LogP contribution in [-0.2, 0) is 0 Å². The molecule has 0 amide bonds. The lowest BCUT2D eigenvalue weighted by Crippen LogP contribution is -2.22. The monoisotopic (exact) mass is 297 g/mol. The van der Waals surface area contributed by atoms with Crippen LogP contribution in [0.3, 0.4) is 0 Å². The van der Waals surface area contributed by atoms with E-state index in [4.69, 9.17) is 9.47 Å². The fraction of sp³-hybridized carbons (Fsp3) is 0.368. The molecule has 3 atom stereocenters. The second-order valence-electron chi connectivity index (χ2n) is 5.86. The Morgan fingerprint density at radius 1 is 1.00 bits per heavy atom.